The fourth-order valence-corrected chi connectivity index (χ4v) is 1.23. The van der Waals surface area contributed by atoms with E-state index in [-0.39, 0.29) is 10.8 Å². The Labute approximate surface area is 71.0 Å². The minimum Gasteiger partial charge on any atom is -0.479 e. The summed E-state index contributed by atoms with van der Waals surface area (Å²) in [6, 6.07) is -1.45. The van der Waals surface area contributed by atoms with E-state index >= 15 is 0 Å². The van der Waals surface area contributed by atoms with Crippen LogP contribution >= 0.6 is 11.3 Å². The van der Waals surface area contributed by atoms with Gasteiger partial charge in [0.2, 0.25) is 6.04 Å². The first-order valence-electron chi connectivity index (χ1n) is 2.91. The summed E-state index contributed by atoms with van der Waals surface area (Å²) in [5.74, 6) is -1.32. The maximum absolute atomic E-state index is 10.4. The van der Waals surface area contributed by atoms with Crippen molar-refractivity contribution in [2.24, 2.45) is 5.18 Å². The number of aliphatic carboxylic acids is 1. The molecule has 12 heavy (non-hydrogen) atoms. The van der Waals surface area contributed by atoms with Crippen molar-refractivity contribution in [1.29, 1.82) is 0 Å². The van der Waals surface area contributed by atoms with Crippen LogP contribution in [0.2, 0.25) is 0 Å². The largest absolute Gasteiger partial charge is 0.479 e. The summed E-state index contributed by atoms with van der Waals surface area (Å²) >= 11 is 1.07. The lowest BCUT2D eigenvalue weighted by atomic mass is 10.2. The molecular weight excluding hydrogens is 182 g/mol. The van der Waals surface area contributed by atoms with Crippen LogP contribution in [0, 0.1) is 4.91 Å². The van der Waals surface area contributed by atoms with Crippen molar-refractivity contribution in [1.82, 2.24) is 4.98 Å². The van der Waals surface area contributed by atoms with E-state index in [1.807, 2.05) is 0 Å². The van der Waals surface area contributed by atoms with Gasteiger partial charge >= 0.3 is 5.97 Å². The Morgan fingerprint density at radius 3 is 2.83 bits per heavy atom. The van der Waals surface area contributed by atoms with E-state index in [0.29, 0.717) is 0 Å². The molecular formula is C5H5N3O3S. The van der Waals surface area contributed by atoms with Gasteiger partial charge in [-0.05, 0) is 5.18 Å². The second kappa shape index (κ2) is 3.26. The molecule has 7 heteroatoms. The molecule has 1 atom stereocenters. The zero-order valence-electron chi connectivity index (χ0n) is 5.80. The molecule has 1 rings (SSSR count). The second-order valence-electron chi connectivity index (χ2n) is 1.96. The van der Waals surface area contributed by atoms with E-state index in [2.05, 4.69) is 10.2 Å². The minimum absolute atomic E-state index is 0.0833. The van der Waals surface area contributed by atoms with E-state index in [1.165, 1.54) is 5.38 Å². The van der Waals surface area contributed by atoms with Crippen LogP contribution in [-0.2, 0) is 4.79 Å². The molecule has 0 saturated carbocycles. The maximum atomic E-state index is 10.4. The maximum Gasteiger partial charge on any atom is 0.338 e. The minimum atomic E-state index is -1.45. The number of carbonyl (C=O) groups is 1. The topological polar surface area (TPSA) is 106 Å². The standard InChI is InChI=1S/C5H5N3O3S/c6-5-7-2(1-12-5)3(8-11)4(9)10/h1,3H,(H2,6,7)(H,9,10). The highest BCUT2D eigenvalue weighted by Gasteiger charge is 2.22. The molecule has 1 unspecified atom stereocenters. The third-order valence-corrected chi connectivity index (χ3v) is 1.85. The summed E-state index contributed by atoms with van der Waals surface area (Å²) in [5.41, 5.74) is 5.33. The van der Waals surface area contributed by atoms with Gasteiger partial charge < -0.3 is 10.8 Å². The van der Waals surface area contributed by atoms with Gasteiger partial charge in [0.15, 0.2) is 5.13 Å². The molecule has 64 valence electrons. The Morgan fingerprint density at radius 1 is 1.83 bits per heavy atom. The highest BCUT2D eigenvalue weighted by atomic mass is 32.1. The lowest BCUT2D eigenvalue weighted by Crippen LogP contribution is -2.08. The average molecular weight is 187 g/mol. The molecule has 1 heterocycles. The smallest absolute Gasteiger partial charge is 0.338 e. The van der Waals surface area contributed by atoms with Gasteiger partial charge in [-0.2, -0.15) is 0 Å². The van der Waals surface area contributed by atoms with E-state index in [9.17, 15) is 9.70 Å². The van der Waals surface area contributed by atoms with Gasteiger partial charge in [0.05, 0.1) is 5.69 Å². The summed E-state index contributed by atoms with van der Waals surface area (Å²) in [6.45, 7) is 0. The van der Waals surface area contributed by atoms with Crippen LogP contribution in [0.4, 0.5) is 5.13 Å². The number of nitroso groups, excluding NO2 is 1. The number of aromatic nitrogens is 1. The zero-order valence-corrected chi connectivity index (χ0v) is 6.61. The number of nitrogen functional groups attached to an aromatic ring is 1. The molecule has 0 fully saturated rings. The third-order valence-electron chi connectivity index (χ3n) is 1.16. The second-order valence-corrected chi connectivity index (χ2v) is 2.85. The van der Waals surface area contributed by atoms with Crippen molar-refractivity contribution in [3.63, 3.8) is 0 Å². The normalized spacial score (nSPS) is 12.3. The number of nitrogens with zero attached hydrogens (tertiary/aromatic N) is 2. The molecule has 0 aromatic carbocycles. The van der Waals surface area contributed by atoms with Gasteiger partial charge in [-0.1, -0.05) is 0 Å². The van der Waals surface area contributed by atoms with E-state index in [0.717, 1.165) is 11.3 Å². The molecule has 0 bridgehead atoms. The average Bonchev–Trinajstić information content (AvgIpc) is 2.37. The number of hydrogen-bond donors (Lipinski definition) is 2. The Bertz CT molecular complexity index is 311. The molecule has 1 aromatic heterocycles. The predicted molar refractivity (Wildman–Crippen MR) is 42.7 cm³/mol. The molecule has 0 amide bonds. The molecule has 0 aliphatic heterocycles. The fourth-order valence-electron chi connectivity index (χ4n) is 0.652. The van der Waals surface area contributed by atoms with Crippen LogP contribution in [-0.4, -0.2) is 16.1 Å². The number of hydrogen-bond acceptors (Lipinski definition) is 6. The van der Waals surface area contributed by atoms with Gasteiger partial charge in [0.1, 0.15) is 0 Å². The highest BCUT2D eigenvalue weighted by Crippen LogP contribution is 2.20. The SMILES string of the molecule is Nc1nc(C(N=O)C(=O)O)cs1. The number of thiazole rings is 1. The van der Waals surface area contributed by atoms with Crippen LogP contribution in [0.15, 0.2) is 10.6 Å². The van der Waals surface area contributed by atoms with Crippen LogP contribution in [0.3, 0.4) is 0 Å². The lowest BCUT2D eigenvalue weighted by Gasteiger charge is -1.96. The first kappa shape index (κ1) is 8.60. The molecule has 3 N–H and O–H groups in total. The van der Waals surface area contributed by atoms with Crippen molar-refractivity contribution >= 4 is 22.4 Å². The number of rotatable bonds is 3. The van der Waals surface area contributed by atoms with Crippen molar-refractivity contribution in [3.05, 3.63) is 16.0 Å². The van der Waals surface area contributed by atoms with Crippen molar-refractivity contribution in [3.8, 4) is 0 Å². The zero-order chi connectivity index (χ0) is 9.14. The van der Waals surface area contributed by atoms with E-state index < -0.39 is 12.0 Å². The Balaban J connectivity index is 2.94. The number of carboxylic acid groups (broad SMARTS) is 1. The van der Waals surface area contributed by atoms with Crippen LogP contribution in [0.25, 0.3) is 0 Å². The van der Waals surface area contributed by atoms with E-state index in [4.69, 9.17) is 10.8 Å². The molecule has 1 aromatic rings. The van der Waals surface area contributed by atoms with Crippen LogP contribution < -0.4 is 5.73 Å². The molecule has 0 aliphatic rings. The quantitative estimate of drug-likeness (QED) is 0.674. The van der Waals surface area contributed by atoms with Gasteiger partial charge in [-0.15, -0.1) is 16.2 Å². The van der Waals surface area contributed by atoms with Gasteiger partial charge in [-0.25, -0.2) is 9.78 Å². The number of anilines is 1. The highest BCUT2D eigenvalue weighted by molar-refractivity contribution is 7.13. The van der Waals surface area contributed by atoms with Crippen LogP contribution in [0.5, 0.6) is 0 Å². The summed E-state index contributed by atoms with van der Waals surface area (Å²) in [6.07, 6.45) is 0. The predicted octanol–water partition coefficient (Wildman–Crippen LogP) is 0.617. The number of carboxylic acids is 1. The summed E-state index contributed by atoms with van der Waals surface area (Å²) in [7, 11) is 0. The molecule has 6 nitrogen and oxygen atoms in total. The van der Waals surface area contributed by atoms with Crippen molar-refractivity contribution in [2.75, 3.05) is 5.73 Å². The molecule has 0 radical (unpaired) electrons. The lowest BCUT2D eigenvalue weighted by molar-refractivity contribution is -0.138. The van der Waals surface area contributed by atoms with Gasteiger partial charge in [0.25, 0.3) is 0 Å². The van der Waals surface area contributed by atoms with E-state index in [1.54, 1.807) is 0 Å². The first-order chi connectivity index (χ1) is 5.65. The first-order valence-corrected chi connectivity index (χ1v) is 3.79. The molecule has 0 spiro atoms. The monoisotopic (exact) mass is 187 g/mol. The third kappa shape index (κ3) is 1.56. The van der Waals surface area contributed by atoms with Crippen LogP contribution in [0.1, 0.15) is 11.7 Å². The number of nitrogens with two attached hydrogens (primary N) is 1. The molecule has 0 aliphatic carbocycles. The Kier molecular flexibility index (Phi) is 2.34. The van der Waals surface area contributed by atoms with Gasteiger partial charge in [0, 0.05) is 5.38 Å². The Morgan fingerprint density at radius 2 is 2.50 bits per heavy atom. The summed E-state index contributed by atoms with van der Waals surface area (Å²) in [5, 5.41) is 12.5. The Hall–Kier alpha value is -1.50. The van der Waals surface area contributed by atoms with Crippen molar-refractivity contribution in [2.45, 2.75) is 6.04 Å². The van der Waals surface area contributed by atoms with Gasteiger partial charge in [-0.3, -0.25) is 0 Å². The summed E-state index contributed by atoms with van der Waals surface area (Å²) < 4.78 is 0. The summed E-state index contributed by atoms with van der Waals surface area (Å²) in [4.78, 5) is 24.0. The fraction of sp³-hybridized carbons (Fsp3) is 0.200. The van der Waals surface area contributed by atoms with Crippen molar-refractivity contribution < 1.29 is 9.90 Å². The molecule has 0 saturated heterocycles.